The molecule has 0 aliphatic carbocycles. The molecule has 1 aliphatic heterocycles. The Morgan fingerprint density at radius 1 is 1.10 bits per heavy atom. The summed E-state index contributed by atoms with van der Waals surface area (Å²) in [5.74, 6) is -1.63. The summed E-state index contributed by atoms with van der Waals surface area (Å²) in [6.45, 7) is 7.45. The minimum absolute atomic E-state index is 0.0872. The molecule has 1 fully saturated rings. The number of amides is 4. The van der Waals surface area contributed by atoms with Gasteiger partial charge >= 0.3 is 6.09 Å². The van der Waals surface area contributed by atoms with Gasteiger partial charge in [0, 0.05) is 12.5 Å². The molecule has 6 N–H and O–H groups in total. The number of aliphatic hydroxyl groups is 1. The fourth-order valence-electron chi connectivity index (χ4n) is 3.33. The van der Waals surface area contributed by atoms with E-state index in [9.17, 15) is 24.3 Å². The first-order chi connectivity index (χ1) is 13.5. The lowest BCUT2D eigenvalue weighted by Gasteiger charge is -2.27. The van der Waals surface area contributed by atoms with Crippen LogP contribution in [0.25, 0.3) is 0 Å². The molecule has 1 rings (SSSR count). The fourth-order valence-corrected chi connectivity index (χ4v) is 3.33. The molecule has 166 valence electrons. The van der Waals surface area contributed by atoms with Crippen molar-refractivity contribution in [2.75, 3.05) is 13.2 Å². The van der Waals surface area contributed by atoms with Crippen molar-refractivity contribution < 1.29 is 29.4 Å². The zero-order valence-electron chi connectivity index (χ0n) is 17.5. The van der Waals surface area contributed by atoms with Crippen LogP contribution in [0.2, 0.25) is 0 Å². The molecule has 0 bridgehead atoms. The van der Waals surface area contributed by atoms with Crippen LogP contribution in [-0.4, -0.2) is 65.3 Å². The third-order valence-electron chi connectivity index (χ3n) is 4.87. The maximum Gasteiger partial charge on any atom is 0.405 e. The average molecular weight is 415 g/mol. The normalized spacial score (nSPS) is 19.4. The van der Waals surface area contributed by atoms with Gasteiger partial charge in [-0.25, -0.2) is 4.79 Å². The van der Waals surface area contributed by atoms with E-state index in [1.165, 1.54) is 0 Å². The van der Waals surface area contributed by atoms with E-state index in [1.807, 2.05) is 13.8 Å². The number of carbonyl (C=O) groups is 4. The number of carbonyl (C=O) groups excluding carboxylic acids is 3. The highest BCUT2D eigenvalue weighted by atomic mass is 16.4. The molecule has 3 unspecified atom stereocenters. The Labute approximate surface area is 171 Å². The van der Waals surface area contributed by atoms with Gasteiger partial charge in [-0.15, -0.1) is 0 Å². The lowest BCUT2D eigenvalue weighted by atomic mass is 9.97. The van der Waals surface area contributed by atoms with Gasteiger partial charge in [0.2, 0.25) is 17.7 Å². The molecule has 0 aromatic carbocycles. The number of rotatable bonds is 11. The molecule has 0 aromatic rings. The summed E-state index contributed by atoms with van der Waals surface area (Å²) >= 11 is 0. The number of nitrogens with one attached hydrogen (secondary N) is 4. The molecule has 0 spiro atoms. The Bertz CT molecular complexity index is 595. The molecule has 0 aromatic heterocycles. The van der Waals surface area contributed by atoms with Gasteiger partial charge in [-0.2, -0.15) is 0 Å². The smallest absolute Gasteiger partial charge is 0.405 e. The highest BCUT2D eigenvalue weighted by Gasteiger charge is 2.32. The molecule has 0 saturated carbocycles. The van der Waals surface area contributed by atoms with E-state index in [0.717, 1.165) is 0 Å². The second kappa shape index (κ2) is 11.6. The van der Waals surface area contributed by atoms with Crippen LogP contribution in [0.4, 0.5) is 4.79 Å². The van der Waals surface area contributed by atoms with Gasteiger partial charge in [-0.05, 0) is 31.1 Å². The highest BCUT2D eigenvalue weighted by molar-refractivity contribution is 5.91. The topological polar surface area (TPSA) is 157 Å². The lowest BCUT2D eigenvalue weighted by Crippen LogP contribution is -2.56. The van der Waals surface area contributed by atoms with Gasteiger partial charge in [-0.3, -0.25) is 14.4 Å². The standard InChI is InChI=1S/C19H34N4O6/c1-10(2)7-14(22-18(27)15(11(3)4)23-19(28)29)17(26)21-13(9-24)8-12-5-6-20-16(12)25/h10-15,23-24H,5-9H2,1-4H3,(H,20,25)(H,21,26)(H,22,27)(H,28,29)/t12-,13?,14?,15?/m0/s1. The second-order valence-electron chi connectivity index (χ2n) is 8.26. The SMILES string of the molecule is CC(C)CC(NC(=O)C(NC(=O)O)C(C)C)C(=O)NC(CO)C[C@@H]1CCNC1=O. The van der Waals surface area contributed by atoms with Crippen LogP contribution in [0.5, 0.6) is 0 Å². The summed E-state index contributed by atoms with van der Waals surface area (Å²) in [7, 11) is 0. The van der Waals surface area contributed by atoms with Gasteiger partial charge in [-0.1, -0.05) is 27.7 Å². The Hall–Kier alpha value is -2.36. The number of hydrogen-bond acceptors (Lipinski definition) is 5. The van der Waals surface area contributed by atoms with Crippen molar-refractivity contribution in [1.82, 2.24) is 21.3 Å². The summed E-state index contributed by atoms with van der Waals surface area (Å²) in [5.41, 5.74) is 0. The lowest BCUT2D eigenvalue weighted by molar-refractivity contribution is -0.131. The number of carboxylic acid groups (broad SMARTS) is 1. The maximum absolute atomic E-state index is 12.8. The van der Waals surface area contributed by atoms with E-state index in [2.05, 4.69) is 21.3 Å². The van der Waals surface area contributed by atoms with E-state index in [-0.39, 0.29) is 30.3 Å². The largest absolute Gasteiger partial charge is 0.465 e. The van der Waals surface area contributed by atoms with Crippen molar-refractivity contribution in [2.24, 2.45) is 17.8 Å². The van der Waals surface area contributed by atoms with E-state index >= 15 is 0 Å². The van der Waals surface area contributed by atoms with E-state index in [4.69, 9.17) is 5.11 Å². The number of aliphatic hydroxyl groups excluding tert-OH is 1. The predicted octanol–water partition coefficient (Wildman–Crippen LogP) is -0.187. The first-order valence-electron chi connectivity index (χ1n) is 10.0. The molecule has 1 aliphatic rings. The van der Waals surface area contributed by atoms with Crippen LogP contribution in [0.15, 0.2) is 0 Å². The highest BCUT2D eigenvalue weighted by Crippen LogP contribution is 2.16. The van der Waals surface area contributed by atoms with Crippen LogP contribution in [0.1, 0.15) is 47.0 Å². The van der Waals surface area contributed by atoms with Gasteiger partial charge in [0.15, 0.2) is 0 Å². The van der Waals surface area contributed by atoms with Crippen molar-refractivity contribution in [3.8, 4) is 0 Å². The fraction of sp³-hybridized carbons (Fsp3) is 0.789. The Morgan fingerprint density at radius 3 is 2.21 bits per heavy atom. The van der Waals surface area contributed by atoms with Crippen LogP contribution in [0.3, 0.4) is 0 Å². The predicted molar refractivity (Wildman–Crippen MR) is 106 cm³/mol. The Morgan fingerprint density at radius 2 is 1.76 bits per heavy atom. The summed E-state index contributed by atoms with van der Waals surface area (Å²) in [6, 6.07) is -2.49. The Kier molecular flexibility index (Phi) is 9.87. The third-order valence-corrected chi connectivity index (χ3v) is 4.87. The van der Waals surface area contributed by atoms with Gasteiger partial charge in [0.05, 0.1) is 12.6 Å². The van der Waals surface area contributed by atoms with Gasteiger partial charge < -0.3 is 31.5 Å². The number of hydrogen-bond donors (Lipinski definition) is 6. The van der Waals surface area contributed by atoms with Gasteiger partial charge in [0.25, 0.3) is 0 Å². The molecular formula is C19H34N4O6. The maximum atomic E-state index is 12.8. The van der Waals surface area contributed by atoms with E-state index in [0.29, 0.717) is 25.8 Å². The first kappa shape index (κ1) is 24.7. The molecule has 4 amide bonds. The molecule has 0 radical (unpaired) electrons. The first-order valence-corrected chi connectivity index (χ1v) is 10.0. The van der Waals surface area contributed by atoms with Gasteiger partial charge in [0.1, 0.15) is 12.1 Å². The summed E-state index contributed by atoms with van der Waals surface area (Å²) in [4.78, 5) is 48.1. The molecule has 4 atom stereocenters. The zero-order valence-corrected chi connectivity index (χ0v) is 17.5. The monoisotopic (exact) mass is 414 g/mol. The molecular weight excluding hydrogens is 380 g/mol. The van der Waals surface area contributed by atoms with Crippen LogP contribution in [0, 0.1) is 17.8 Å². The third kappa shape index (κ3) is 8.26. The van der Waals surface area contributed by atoms with Crippen molar-refractivity contribution in [3.63, 3.8) is 0 Å². The van der Waals surface area contributed by atoms with Crippen LogP contribution in [-0.2, 0) is 14.4 Å². The van der Waals surface area contributed by atoms with Crippen LogP contribution >= 0.6 is 0 Å². The summed E-state index contributed by atoms with van der Waals surface area (Å²) < 4.78 is 0. The molecule has 1 heterocycles. The van der Waals surface area contributed by atoms with Crippen molar-refractivity contribution >= 4 is 23.8 Å². The summed E-state index contributed by atoms with van der Waals surface area (Å²) in [6.07, 6.45) is -0.0175. The zero-order chi connectivity index (χ0) is 22.1. The van der Waals surface area contributed by atoms with Crippen molar-refractivity contribution in [2.45, 2.75) is 65.1 Å². The molecule has 10 heteroatoms. The molecule has 10 nitrogen and oxygen atoms in total. The molecule has 1 saturated heterocycles. The van der Waals surface area contributed by atoms with Crippen molar-refractivity contribution in [3.05, 3.63) is 0 Å². The minimum Gasteiger partial charge on any atom is -0.465 e. The van der Waals surface area contributed by atoms with E-state index in [1.54, 1.807) is 13.8 Å². The molecule has 29 heavy (non-hydrogen) atoms. The minimum atomic E-state index is -1.32. The van der Waals surface area contributed by atoms with E-state index < -0.39 is 36.0 Å². The van der Waals surface area contributed by atoms with Crippen LogP contribution < -0.4 is 21.3 Å². The average Bonchev–Trinajstić information content (AvgIpc) is 3.02. The Balaban J connectivity index is 2.80. The van der Waals surface area contributed by atoms with Crippen molar-refractivity contribution in [1.29, 1.82) is 0 Å². The summed E-state index contributed by atoms with van der Waals surface area (Å²) in [5, 5.41) is 28.8. The quantitative estimate of drug-likeness (QED) is 0.275. The second-order valence-corrected chi connectivity index (χ2v) is 8.26.